The van der Waals surface area contributed by atoms with Gasteiger partial charge < -0.3 is 10.2 Å². The van der Waals surface area contributed by atoms with E-state index in [-0.39, 0.29) is 0 Å². The lowest BCUT2D eigenvalue weighted by atomic mass is 10.0. The van der Waals surface area contributed by atoms with Crippen molar-refractivity contribution in [3.8, 4) is 0 Å². The summed E-state index contributed by atoms with van der Waals surface area (Å²) in [5.41, 5.74) is 0.949. The summed E-state index contributed by atoms with van der Waals surface area (Å²) in [6.45, 7) is 1.98. The van der Waals surface area contributed by atoms with Crippen molar-refractivity contribution in [2.75, 3.05) is 0 Å². The van der Waals surface area contributed by atoms with Crippen LogP contribution in [-0.4, -0.2) is 22.4 Å². The fourth-order valence-corrected chi connectivity index (χ4v) is 1.74. The van der Waals surface area contributed by atoms with Crippen molar-refractivity contribution in [1.29, 1.82) is 0 Å². The Morgan fingerprint density at radius 1 is 1.27 bits per heavy atom. The van der Waals surface area contributed by atoms with E-state index in [1.54, 1.807) is 6.07 Å². The second-order valence-corrected chi connectivity index (χ2v) is 4.19. The van der Waals surface area contributed by atoms with E-state index in [1.807, 2.05) is 25.1 Å². The lowest BCUT2D eigenvalue weighted by Gasteiger charge is -2.17. The van der Waals surface area contributed by atoms with Gasteiger partial charge in [0.1, 0.15) is 0 Å². The lowest BCUT2D eigenvalue weighted by Crippen LogP contribution is -2.27. The summed E-state index contributed by atoms with van der Waals surface area (Å²) in [6.07, 6.45) is 0.592. The molecular formula is C12H17ClO2. The van der Waals surface area contributed by atoms with E-state index in [1.165, 1.54) is 0 Å². The molecular weight excluding hydrogens is 212 g/mol. The second kappa shape index (κ2) is 6.11. The highest BCUT2D eigenvalue weighted by Crippen LogP contribution is 2.14. The van der Waals surface area contributed by atoms with Crippen LogP contribution in [0.4, 0.5) is 0 Å². The summed E-state index contributed by atoms with van der Waals surface area (Å²) in [5, 5.41) is 19.9. The van der Waals surface area contributed by atoms with Crippen LogP contribution in [0.1, 0.15) is 25.3 Å². The molecule has 0 saturated heterocycles. The molecule has 0 amide bonds. The third-order valence-electron chi connectivity index (χ3n) is 2.36. The van der Waals surface area contributed by atoms with Gasteiger partial charge in [0.25, 0.3) is 0 Å². The molecule has 0 fully saturated rings. The average Bonchev–Trinajstić information content (AvgIpc) is 2.18. The van der Waals surface area contributed by atoms with Crippen molar-refractivity contribution in [3.05, 3.63) is 34.9 Å². The van der Waals surface area contributed by atoms with Crippen molar-refractivity contribution < 1.29 is 10.2 Å². The van der Waals surface area contributed by atoms with Gasteiger partial charge in [0.2, 0.25) is 0 Å². The van der Waals surface area contributed by atoms with E-state index in [0.717, 1.165) is 12.0 Å². The van der Waals surface area contributed by atoms with Gasteiger partial charge in [-0.1, -0.05) is 37.1 Å². The molecule has 0 aliphatic carbocycles. The molecule has 0 saturated carbocycles. The molecule has 0 heterocycles. The third-order valence-corrected chi connectivity index (χ3v) is 2.60. The van der Waals surface area contributed by atoms with Crippen LogP contribution in [0.25, 0.3) is 0 Å². The van der Waals surface area contributed by atoms with Crippen LogP contribution < -0.4 is 0 Å². The Hall–Kier alpha value is -0.570. The van der Waals surface area contributed by atoms with E-state index in [9.17, 15) is 10.2 Å². The molecule has 1 aromatic rings. The van der Waals surface area contributed by atoms with E-state index >= 15 is 0 Å². The normalized spacial score (nSPS) is 14.9. The zero-order chi connectivity index (χ0) is 11.3. The fraction of sp³-hybridized carbons (Fsp3) is 0.500. The maximum absolute atomic E-state index is 9.70. The quantitative estimate of drug-likeness (QED) is 0.813. The minimum Gasteiger partial charge on any atom is -0.390 e. The predicted octanol–water partition coefficient (Wildman–Crippen LogP) is 2.40. The highest BCUT2D eigenvalue weighted by atomic mass is 35.5. The first-order valence-electron chi connectivity index (χ1n) is 5.24. The predicted molar refractivity (Wildman–Crippen MR) is 62.1 cm³/mol. The molecule has 3 heteroatoms. The van der Waals surface area contributed by atoms with Crippen LogP contribution in [0.3, 0.4) is 0 Å². The van der Waals surface area contributed by atoms with Gasteiger partial charge in [0.05, 0.1) is 12.2 Å². The topological polar surface area (TPSA) is 40.5 Å². The first-order chi connectivity index (χ1) is 7.13. The Kier molecular flexibility index (Phi) is 5.09. The van der Waals surface area contributed by atoms with Crippen LogP contribution in [0.2, 0.25) is 5.02 Å². The number of aliphatic hydroxyl groups excluding tert-OH is 2. The molecule has 2 atom stereocenters. The van der Waals surface area contributed by atoms with Gasteiger partial charge in [-0.05, 0) is 24.1 Å². The van der Waals surface area contributed by atoms with Crippen LogP contribution in [0.15, 0.2) is 24.3 Å². The van der Waals surface area contributed by atoms with Crippen molar-refractivity contribution in [3.63, 3.8) is 0 Å². The molecule has 0 bridgehead atoms. The van der Waals surface area contributed by atoms with Gasteiger partial charge in [0, 0.05) is 11.4 Å². The summed E-state index contributed by atoms with van der Waals surface area (Å²) >= 11 is 5.82. The zero-order valence-electron chi connectivity index (χ0n) is 8.86. The summed E-state index contributed by atoms with van der Waals surface area (Å²) in [7, 11) is 0. The Balaban J connectivity index is 2.54. The van der Waals surface area contributed by atoms with Crippen molar-refractivity contribution in [2.24, 2.45) is 0 Å². The lowest BCUT2D eigenvalue weighted by molar-refractivity contribution is 0.0148. The summed E-state index contributed by atoms with van der Waals surface area (Å²) in [4.78, 5) is 0. The molecule has 0 radical (unpaired) electrons. The Bertz CT molecular complexity index is 301. The molecule has 1 rings (SSSR count). The molecule has 2 nitrogen and oxygen atoms in total. The minimum absolute atomic E-state index is 0.446. The summed E-state index contributed by atoms with van der Waals surface area (Å²) < 4.78 is 0. The number of hydrogen-bond acceptors (Lipinski definition) is 2. The maximum Gasteiger partial charge on any atom is 0.0839 e. The van der Waals surface area contributed by atoms with Gasteiger partial charge in [-0.2, -0.15) is 0 Å². The third kappa shape index (κ3) is 4.20. The van der Waals surface area contributed by atoms with Gasteiger partial charge in [-0.15, -0.1) is 0 Å². The highest BCUT2D eigenvalue weighted by molar-refractivity contribution is 6.30. The van der Waals surface area contributed by atoms with Gasteiger partial charge >= 0.3 is 0 Å². The van der Waals surface area contributed by atoms with Crippen LogP contribution >= 0.6 is 11.6 Å². The van der Waals surface area contributed by atoms with E-state index < -0.39 is 12.2 Å². The van der Waals surface area contributed by atoms with Crippen LogP contribution in [0.5, 0.6) is 0 Å². The maximum atomic E-state index is 9.70. The molecule has 84 valence electrons. The Morgan fingerprint density at radius 2 is 2.00 bits per heavy atom. The molecule has 0 aliphatic heterocycles. The standard InChI is InChI=1S/C12H17ClO2/c1-2-4-11(14)12(15)8-9-5-3-6-10(13)7-9/h3,5-7,11-12,14-15H,2,4,8H2,1H3. The van der Waals surface area contributed by atoms with E-state index in [4.69, 9.17) is 11.6 Å². The first-order valence-corrected chi connectivity index (χ1v) is 5.62. The molecule has 1 aromatic carbocycles. The van der Waals surface area contributed by atoms with Gasteiger partial charge in [-0.25, -0.2) is 0 Å². The Morgan fingerprint density at radius 3 is 2.60 bits per heavy atom. The molecule has 0 aromatic heterocycles. The average molecular weight is 229 g/mol. The van der Waals surface area contributed by atoms with E-state index in [2.05, 4.69) is 0 Å². The van der Waals surface area contributed by atoms with Crippen molar-refractivity contribution in [2.45, 2.75) is 38.4 Å². The molecule has 0 spiro atoms. The van der Waals surface area contributed by atoms with E-state index in [0.29, 0.717) is 17.9 Å². The smallest absolute Gasteiger partial charge is 0.0839 e. The number of benzene rings is 1. The number of aliphatic hydroxyl groups is 2. The number of rotatable bonds is 5. The van der Waals surface area contributed by atoms with Crippen LogP contribution in [-0.2, 0) is 6.42 Å². The van der Waals surface area contributed by atoms with Gasteiger partial charge in [0.15, 0.2) is 0 Å². The minimum atomic E-state index is -0.705. The molecule has 2 unspecified atom stereocenters. The second-order valence-electron chi connectivity index (χ2n) is 3.76. The number of halogens is 1. The van der Waals surface area contributed by atoms with Crippen LogP contribution in [0, 0.1) is 0 Å². The monoisotopic (exact) mass is 228 g/mol. The SMILES string of the molecule is CCCC(O)C(O)Cc1cccc(Cl)c1. The van der Waals surface area contributed by atoms with Crippen molar-refractivity contribution >= 4 is 11.6 Å². The molecule has 2 N–H and O–H groups in total. The first kappa shape index (κ1) is 12.5. The van der Waals surface area contributed by atoms with Gasteiger partial charge in [-0.3, -0.25) is 0 Å². The number of hydrogen-bond donors (Lipinski definition) is 2. The zero-order valence-corrected chi connectivity index (χ0v) is 9.61. The molecule has 15 heavy (non-hydrogen) atoms. The molecule has 0 aliphatic rings. The largest absolute Gasteiger partial charge is 0.390 e. The van der Waals surface area contributed by atoms with Crippen molar-refractivity contribution in [1.82, 2.24) is 0 Å². The Labute approximate surface area is 95.5 Å². The fourth-order valence-electron chi connectivity index (χ4n) is 1.53. The highest BCUT2D eigenvalue weighted by Gasteiger charge is 2.15. The summed E-state index contributed by atoms with van der Waals surface area (Å²) in [6, 6.07) is 7.34. The summed E-state index contributed by atoms with van der Waals surface area (Å²) in [5.74, 6) is 0.